The molecule has 0 radical (unpaired) electrons. The van der Waals surface area contributed by atoms with Crippen LogP contribution in [0.1, 0.15) is 12.0 Å². The zero-order valence-electron chi connectivity index (χ0n) is 9.43. The summed E-state index contributed by atoms with van der Waals surface area (Å²) in [4.78, 5) is 15.0. The second kappa shape index (κ2) is 5.13. The molecule has 0 bridgehead atoms. The molecule has 2 rings (SSSR count). The Kier molecular flexibility index (Phi) is 3.37. The van der Waals surface area contributed by atoms with Crippen LogP contribution in [0.4, 0.5) is 0 Å². The summed E-state index contributed by atoms with van der Waals surface area (Å²) in [6.07, 6.45) is 3.62. The molecule has 0 aliphatic rings. The number of hydrogen-bond acceptors (Lipinski definition) is 3. The van der Waals surface area contributed by atoms with Gasteiger partial charge in [0.05, 0.1) is 7.11 Å². The highest BCUT2D eigenvalue weighted by atomic mass is 16.5. The fourth-order valence-electron chi connectivity index (χ4n) is 1.51. The average molecular weight is 225 g/mol. The van der Waals surface area contributed by atoms with Gasteiger partial charge in [-0.05, 0) is 17.5 Å². The molecule has 2 aromatic rings. The van der Waals surface area contributed by atoms with Crippen LogP contribution in [-0.4, -0.2) is 18.1 Å². The molecule has 17 heavy (non-hydrogen) atoms. The lowest BCUT2D eigenvalue weighted by Gasteiger charge is -1.98. The molecule has 3 nitrogen and oxygen atoms in total. The lowest BCUT2D eigenvalue weighted by atomic mass is 10.1. The lowest BCUT2D eigenvalue weighted by Crippen LogP contribution is -1.97. The number of carbonyl (C=O) groups excluding carboxylic acids is 1. The first-order valence-electron chi connectivity index (χ1n) is 5.19. The molecule has 3 heteroatoms. The Labute approximate surface area is 99.4 Å². The minimum atomic E-state index is -0.323. The smallest absolute Gasteiger partial charge is 0.317 e. The van der Waals surface area contributed by atoms with E-state index in [0.717, 1.165) is 16.3 Å². The second-order valence-corrected chi connectivity index (χ2v) is 3.46. The van der Waals surface area contributed by atoms with Gasteiger partial charge in [-0.2, -0.15) is 0 Å². The van der Waals surface area contributed by atoms with Gasteiger partial charge in [0.25, 0.3) is 0 Å². The maximum Gasteiger partial charge on any atom is 0.317 e. The molecule has 0 N–H and O–H groups in total. The van der Waals surface area contributed by atoms with Crippen LogP contribution < -0.4 is 0 Å². The molecule has 1 aromatic heterocycles. The number of aromatic nitrogens is 1. The van der Waals surface area contributed by atoms with E-state index in [1.807, 2.05) is 24.3 Å². The molecule has 0 aliphatic heterocycles. The van der Waals surface area contributed by atoms with Crippen LogP contribution in [0.25, 0.3) is 10.8 Å². The first-order chi connectivity index (χ1) is 8.31. The number of hydrogen-bond donors (Lipinski definition) is 0. The van der Waals surface area contributed by atoms with Crippen LogP contribution in [-0.2, 0) is 9.53 Å². The molecule has 0 saturated carbocycles. The van der Waals surface area contributed by atoms with Crippen molar-refractivity contribution in [2.75, 3.05) is 7.11 Å². The van der Waals surface area contributed by atoms with Gasteiger partial charge in [0.1, 0.15) is 6.42 Å². The van der Waals surface area contributed by atoms with Crippen molar-refractivity contribution in [2.24, 2.45) is 0 Å². The van der Waals surface area contributed by atoms with Crippen molar-refractivity contribution in [3.63, 3.8) is 0 Å². The van der Waals surface area contributed by atoms with E-state index in [1.165, 1.54) is 7.11 Å². The Morgan fingerprint density at radius 2 is 2.29 bits per heavy atom. The molecule has 0 saturated heterocycles. The summed E-state index contributed by atoms with van der Waals surface area (Å²) in [5.41, 5.74) is 0.875. The Bertz CT molecular complexity index is 603. The van der Waals surface area contributed by atoms with Crippen LogP contribution in [0.2, 0.25) is 0 Å². The Hall–Kier alpha value is -2.34. The summed E-state index contributed by atoms with van der Waals surface area (Å²) >= 11 is 0. The molecule has 0 spiro atoms. The largest absolute Gasteiger partial charge is 0.468 e. The molecule has 1 aromatic carbocycles. The van der Waals surface area contributed by atoms with Gasteiger partial charge in [0.15, 0.2) is 0 Å². The van der Waals surface area contributed by atoms with Gasteiger partial charge in [-0.1, -0.05) is 24.0 Å². The van der Waals surface area contributed by atoms with Gasteiger partial charge < -0.3 is 4.74 Å². The van der Waals surface area contributed by atoms with Gasteiger partial charge in [-0.25, -0.2) is 0 Å². The summed E-state index contributed by atoms with van der Waals surface area (Å²) in [7, 11) is 1.35. The van der Waals surface area contributed by atoms with E-state index in [2.05, 4.69) is 21.6 Å². The van der Waals surface area contributed by atoms with Crippen molar-refractivity contribution in [3.8, 4) is 11.8 Å². The topological polar surface area (TPSA) is 39.2 Å². The van der Waals surface area contributed by atoms with Crippen molar-refractivity contribution >= 4 is 16.7 Å². The first-order valence-corrected chi connectivity index (χ1v) is 5.19. The van der Waals surface area contributed by atoms with Gasteiger partial charge in [-0.15, -0.1) is 0 Å². The molecular weight excluding hydrogens is 214 g/mol. The third-order valence-electron chi connectivity index (χ3n) is 2.37. The molecule has 0 aliphatic carbocycles. The van der Waals surface area contributed by atoms with Crippen molar-refractivity contribution in [1.82, 2.24) is 4.98 Å². The highest BCUT2D eigenvalue weighted by molar-refractivity contribution is 5.87. The zero-order chi connectivity index (χ0) is 12.1. The number of benzene rings is 1. The molecule has 0 amide bonds. The predicted octanol–water partition coefficient (Wildman–Crippen LogP) is 2.15. The average Bonchev–Trinajstić information content (AvgIpc) is 2.39. The van der Waals surface area contributed by atoms with Crippen molar-refractivity contribution in [1.29, 1.82) is 0 Å². The fraction of sp³-hybridized carbons (Fsp3) is 0.143. The third-order valence-corrected chi connectivity index (χ3v) is 2.37. The van der Waals surface area contributed by atoms with E-state index in [9.17, 15) is 4.79 Å². The third kappa shape index (κ3) is 2.61. The second-order valence-electron chi connectivity index (χ2n) is 3.46. The number of pyridine rings is 1. The van der Waals surface area contributed by atoms with Crippen LogP contribution in [0.3, 0.4) is 0 Å². The van der Waals surface area contributed by atoms with Crippen LogP contribution >= 0.6 is 0 Å². The minimum absolute atomic E-state index is 0.104. The van der Waals surface area contributed by atoms with Gasteiger partial charge in [-0.3, -0.25) is 9.78 Å². The molecule has 0 atom stereocenters. The predicted molar refractivity (Wildman–Crippen MR) is 65.3 cm³/mol. The van der Waals surface area contributed by atoms with Gasteiger partial charge in [0, 0.05) is 23.3 Å². The summed E-state index contributed by atoms with van der Waals surface area (Å²) in [5, 5.41) is 2.08. The zero-order valence-corrected chi connectivity index (χ0v) is 9.43. The van der Waals surface area contributed by atoms with E-state index in [-0.39, 0.29) is 12.4 Å². The quantitative estimate of drug-likeness (QED) is 0.551. The van der Waals surface area contributed by atoms with E-state index in [4.69, 9.17) is 0 Å². The van der Waals surface area contributed by atoms with Gasteiger partial charge >= 0.3 is 5.97 Å². The number of esters is 1. The standard InChI is InChI=1S/C14H11NO2/c1-17-14(16)7-3-6-11-4-2-5-12-8-9-15-10-13(11)12/h2,4-5,8-10H,7H2,1H3. The van der Waals surface area contributed by atoms with Gasteiger partial charge in [0.2, 0.25) is 0 Å². The summed E-state index contributed by atoms with van der Waals surface area (Å²) in [5.74, 6) is 5.43. The number of carbonyl (C=O) groups is 1. The SMILES string of the molecule is COC(=O)CC#Cc1cccc2ccncc12. The van der Waals surface area contributed by atoms with Crippen molar-refractivity contribution in [2.45, 2.75) is 6.42 Å². The minimum Gasteiger partial charge on any atom is -0.468 e. The number of fused-ring (bicyclic) bond motifs is 1. The number of nitrogens with zero attached hydrogens (tertiary/aromatic N) is 1. The van der Waals surface area contributed by atoms with Crippen LogP contribution in [0, 0.1) is 11.8 Å². The maximum absolute atomic E-state index is 10.9. The first kappa shape index (κ1) is 11.2. The normalized spacial score (nSPS) is 9.47. The summed E-state index contributed by atoms with van der Waals surface area (Å²) in [6, 6.07) is 7.78. The summed E-state index contributed by atoms with van der Waals surface area (Å²) in [6.45, 7) is 0. The van der Waals surface area contributed by atoms with Crippen LogP contribution in [0.15, 0.2) is 36.7 Å². The molecule has 0 fully saturated rings. The molecule has 0 unspecified atom stereocenters. The Morgan fingerprint density at radius 3 is 3.12 bits per heavy atom. The monoisotopic (exact) mass is 225 g/mol. The maximum atomic E-state index is 10.9. The van der Waals surface area contributed by atoms with E-state index in [1.54, 1.807) is 12.4 Å². The molecule has 1 heterocycles. The Morgan fingerprint density at radius 1 is 1.41 bits per heavy atom. The number of ether oxygens (including phenoxy) is 1. The van der Waals surface area contributed by atoms with E-state index >= 15 is 0 Å². The van der Waals surface area contributed by atoms with E-state index < -0.39 is 0 Å². The van der Waals surface area contributed by atoms with Crippen molar-refractivity contribution < 1.29 is 9.53 Å². The molecule has 84 valence electrons. The lowest BCUT2D eigenvalue weighted by molar-refractivity contribution is -0.139. The Balaban J connectivity index is 2.33. The molecular formula is C14H11NO2. The van der Waals surface area contributed by atoms with E-state index in [0.29, 0.717) is 0 Å². The highest BCUT2D eigenvalue weighted by Crippen LogP contribution is 2.16. The fourth-order valence-corrected chi connectivity index (χ4v) is 1.51. The summed E-state index contributed by atoms with van der Waals surface area (Å²) < 4.78 is 4.52. The van der Waals surface area contributed by atoms with Crippen molar-refractivity contribution in [3.05, 3.63) is 42.2 Å². The highest BCUT2D eigenvalue weighted by Gasteiger charge is 1.98. The number of rotatable bonds is 1. The van der Waals surface area contributed by atoms with Crippen LogP contribution in [0.5, 0.6) is 0 Å². The number of methoxy groups -OCH3 is 1.